The molecule has 0 atom stereocenters. The number of nitrogens with one attached hydrogen (secondary N) is 2. The molecular weight excluding hydrogens is 405 g/mol. The van der Waals surface area contributed by atoms with Crippen LogP contribution in [0.5, 0.6) is 0 Å². The van der Waals surface area contributed by atoms with E-state index in [0.29, 0.717) is 19.0 Å². The first kappa shape index (κ1) is 20.3. The summed E-state index contributed by atoms with van der Waals surface area (Å²) in [7, 11) is 0. The van der Waals surface area contributed by atoms with E-state index >= 15 is 0 Å². The molecule has 0 amide bonds. The Hall–Kier alpha value is -0.790. The zero-order valence-corrected chi connectivity index (χ0v) is 16.4. The Morgan fingerprint density at radius 3 is 2.61 bits per heavy atom. The summed E-state index contributed by atoms with van der Waals surface area (Å²) < 4.78 is 5.45. The van der Waals surface area contributed by atoms with Gasteiger partial charge in [0, 0.05) is 25.6 Å². The van der Waals surface area contributed by atoms with Crippen molar-refractivity contribution in [3.63, 3.8) is 0 Å². The summed E-state index contributed by atoms with van der Waals surface area (Å²) in [5.41, 5.74) is 0. The van der Waals surface area contributed by atoms with Gasteiger partial charge in [-0.05, 0) is 51.9 Å². The monoisotopic (exact) mass is 435 g/mol. The molecule has 1 fully saturated rings. The standard InChI is InChI=1S/C17H29N3O2.HI/c1-2-18-17(20-14-8-3-4-9-14)19-13-7-12-16(21)22-15-10-5-6-11-15;/h3-4,14-15H,2,5-13H2,1H3,(H2,18,19,20);1H. The fourth-order valence-electron chi connectivity index (χ4n) is 2.91. The van der Waals surface area contributed by atoms with Crippen molar-refractivity contribution in [2.75, 3.05) is 13.1 Å². The molecule has 0 saturated heterocycles. The van der Waals surface area contributed by atoms with E-state index in [0.717, 1.165) is 44.6 Å². The highest BCUT2D eigenvalue weighted by Gasteiger charge is 2.18. The molecular formula is C17H30IN3O2. The summed E-state index contributed by atoms with van der Waals surface area (Å²) in [4.78, 5) is 16.3. The van der Waals surface area contributed by atoms with Crippen LogP contribution in [-0.2, 0) is 9.53 Å². The molecule has 0 aromatic rings. The molecule has 23 heavy (non-hydrogen) atoms. The molecule has 5 nitrogen and oxygen atoms in total. The molecule has 0 spiro atoms. The molecule has 6 heteroatoms. The van der Waals surface area contributed by atoms with Crippen LogP contribution in [0.15, 0.2) is 17.1 Å². The van der Waals surface area contributed by atoms with Crippen molar-refractivity contribution in [3.8, 4) is 0 Å². The number of carbonyl (C=O) groups is 1. The van der Waals surface area contributed by atoms with Crippen LogP contribution in [0.1, 0.15) is 58.3 Å². The summed E-state index contributed by atoms with van der Waals surface area (Å²) >= 11 is 0. The molecule has 1 saturated carbocycles. The van der Waals surface area contributed by atoms with Crippen LogP contribution in [0.3, 0.4) is 0 Å². The van der Waals surface area contributed by atoms with E-state index in [9.17, 15) is 4.79 Å². The van der Waals surface area contributed by atoms with Gasteiger partial charge in [0.2, 0.25) is 0 Å². The van der Waals surface area contributed by atoms with Crippen molar-refractivity contribution < 1.29 is 9.53 Å². The van der Waals surface area contributed by atoms with Crippen LogP contribution in [-0.4, -0.2) is 37.2 Å². The fourth-order valence-corrected chi connectivity index (χ4v) is 2.91. The van der Waals surface area contributed by atoms with E-state index in [1.54, 1.807) is 0 Å². The first-order valence-electron chi connectivity index (χ1n) is 8.67. The van der Waals surface area contributed by atoms with Gasteiger partial charge >= 0.3 is 5.97 Å². The number of esters is 1. The third kappa shape index (κ3) is 8.04. The third-order valence-electron chi connectivity index (χ3n) is 4.10. The number of halogens is 1. The lowest BCUT2D eigenvalue weighted by molar-refractivity contribution is -0.148. The highest BCUT2D eigenvalue weighted by Crippen LogP contribution is 2.21. The molecule has 2 aliphatic rings. The number of carbonyl (C=O) groups excluding carboxylic acids is 1. The number of guanidine groups is 1. The van der Waals surface area contributed by atoms with Gasteiger partial charge in [0.05, 0.1) is 0 Å². The maximum atomic E-state index is 11.7. The van der Waals surface area contributed by atoms with E-state index in [1.165, 1.54) is 12.8 Å². The molecule has 0 radical (unpaired) electrons. The number of hydrogen-bond donors (Lipinski definition) is 2. The van der Waals surface area contributed by atoms with Crippen LogP contribution in [0.2, 0.25) is 0 Å². The van der Waals surface area contributed by atoms with E-state index in [1.807, 2.05) is 0 Å². The number of hydrogen-bond acceptors (Lipinski definition) is 3. The lowest BCUT2D eigenvalue weighted by Gasteiger charge is -2.16. The Morgan fingerprint density at radius 2 is 1.96 bits per heavy atom. The van der Waals surface area contributed by atoms with Gasteiger partial charge in [-0.2, -0.15) is 0 Å². The van der Waals surface area contributed by atoms with Crippen molar-refractivity contribution in [1.29, 1.82) is 0 Å². The van der Waals surface area contributed by atoms with Gasteiger partial charge in [-0.15, -0.1) is 24.0 Å². The van der Waals surface area contributed by atoms with Crippen molar-refractivity contribution in [2.45, 2.75) is 70.4 Å². The third-order valence-corrected chi connectivity index (χ3v) is 4.10. The second kappa shape index (κ2) is 11.7. The zero-order chi connectivity index (χ0) is 15.6. The molecule has 0 unspecified atom stereocenters. The average molecular weight is 435 g/mol. The molecule has 0 heterocycles. The molecule has 0 aromatic heterocycles. The van der Waals surface area contributed by atoms with Crippen LogP contribution in [0, 0.1) is 0 Å². The Bertz CT molecular complexity index is 399. The Morgan fingerprint density at radius 1 is 1.26 bits per heavy atom. The van der Waals surface area contributed by atoms with Crippen molar-refractivity contribution in [2.24, 2.45) is 4.99 Å². The van der Waals surface area contributed by atoms with Gasteiger partial charge in [-0.25, -0.2) is 0 Å². The van der Waals surface area contributed by atoms with Gasteiger partial charge in [0.15, 0.2) is 5.96 Å². The van der Waals surface area contributed by atoms with Crippen LogP contribution in [0.4, 0.5) is 0 Å². The zero-order valence-electron chi connectivity index (χ0n) is 14.1. The van der Waals surface area contributed by atoms with Crippen LogP contribution < -0.4 is 10.6 Å². The minimum atomic E-state index is -0.0694. The predicted octanol–water partition coefficient (Wildman–Crippen LogP) is 3.14. The van der Waals surface area contributed by atoms with E-state index in [4.69, 9.17) is 4.74 Å². The first-order valence-corrected chi connectivity index (χ1v) is 8.67. The van der Waals surface area contributed by atoms with Crippen LogP contribution >= 0.6 is 24.0 Å². The topological polar surface area (TPSA) is 62.7 Å². The predicted molar refractivity (Wildman–Crippen MR) is 104 cm³/mol. The molecule has 2 N–H and O–H groups in total. The van der Waals surface area contributed by atoms with Crippen LogP contribution in [0.25, 0.3) is 0 Å². The summed E-state index contributed by atoms with van der Waals surface area (Å²) in [6.07, 6.45) is 12.3. The molecule has 0 bridgehead atoms. The average Bonchev–Trinajstić information content (AvgIpc) is 3.17. The Kier molecular flexibility index (Phi) is 10.3. The van der Waals surface area contributed by atoms with E-state index in [2.05, 4.69) is 34.7 Å². The van der Waals surface area contributed by atoms with E-state index < -0.39 is 0 Å². The van der Waals surface area contributed by atoms with Crippen molar-refractivity contribution in [3.05, 3.63) is 12.2 Å². The van der Waals surface area contributed by atoms with Gasteiger partial charge in [0.25, 0.3) is 0 Å². The second-order valence-electron chi connectivity index (χ2n) is 6.04. The first-order chi connectivity index (χ1) is 10.8. The van der Waals surface area contributed by atoms with Gasteiger partial charge in [-0.3, -0.25) is 9.79 Å². The quantitative estimate of drug-likeness (QED) is 0.161. The van der Waals surface area contributed by atoms with Crippen molar-refractivity contribution in [1.82, 2.24) is 10.6 Å². The Labute approximate surface area is 156 Å². The van der Waals surface area contributed by atoms with Gasteiger partial charge in [0.1, 0.15) is 6.10 Å². The normalized spacial score (nSPS) is 18.7. The molecule has 0 aliphatic heterocycles. The summed E-state index contributed by atoms with van der Waals surface area (Å²) in [5, 5.41) is 6.68. The summed E-state index contributed by atoms with van der Waals surface area (Å²) in [5.74, 6) is 0.778. The molecule has 2 aliphatic carbocycles. The molecule has 2 rings (SSSR count). The lowest BCUT2D eigenvalue weighted by atomic mass is 10.2. The smallest absolute Gasteiger partial charge is 0.306 e. The highest BCUT2D eigenvalue weighted by molar-refractivity contribution is 14.0. The van der Waals surface area contributed by atoms with Gasteiger partial charge < -0.3 is 15.4 Å². The Balaban J connectivity index is 0.00000264. The van der Waals surface area contributed by atoms with Gasteiger partial charge in [-0.1, -0.05) is 12.2 Å². The number of ether oxygens (including phenoxy) is 1. The summed E-state index contributed by atoms with van der Waals surface area (Å²) in [6, 6.07) is 0.449. The maximum absolute atomic E-state index is 11.7. The second-order valence-corrected chi connectivity index (χ2v) is 6.04. The maximum Gasteiger partial charge on any atom is 0.306 e. The minimum Gasteiger partial charge on any atom is -0.462 e. The number of rotatable bonds is 7. The number of aliphatic imine (C=N–C) groups is 1. The number of nitrogens with zero attached hydrogens (tertiary/aromatic N) is 1. The SMILES string of the molecule is CCNC(=NCCCC(=O)OC1CCCC1)NC1CC=CC1.I. The summed E-state index contributed by atoms with van der Waals surface area (Å²) in [6.45, 7) is 3.55. The minimum absolute atomic E-state index is 0. The fraction of sp³-hybridized carbons (Fsp3) is 0.765. The highest BCUT2D eigenvalue weighted by atomic mass is 127. The largest absolute Gasteiger partial charge is 0.462 e. The molecule has 132 valence electrons. The van der Waals surface area contributed by atoms with Crippen molar-refractivity contribution >= 4 is 35.9 Å². The van der Waals surface area contributed by atoms with E-state index in [-0.39, 0.29) is 36.0 Å². The molecule has 0 aromatic carbocycles. The lowest BCUT2D eigenvalue weighted by Crippen LogP contribution is -2.42.